The molecule has 2 rings (SSSR count). The van der Waals surface area contributed by atoms with E-state index < -0.39 is 11.6 Å². The van der Waals surface area contributed by atoms with Crippen LogP contribution in [0.2, 0.25) is 0 Å². The van der Waals surface area contributed by atoms with Crippen LogP contribution in [0.5, 0.6) is 0 Å². The fraction of sp³-hybridized carbons (Fsp3) is 0.500. The molecule has 0 amide bonds. The first-order valence-corrected chi connectivity index (χ1v) is 6.29. The molecule has 1 aliphatic rings. The van der Waals surface area contributed by atoms with Crippen molar-refractivity contribution in [1.29, 1.82) is 0 Å². The van der Waals surface area contributed by atoms with E-state index in [1.54, 1.807) is 11.3 Å². The zero-order chi connectivity index (χ0) is 11.1. The van der Waals surface area contributed by atoms with Crippen molar-refractivity contribution in [3.05, 3.63) is 20.8 Å². The van der Waals surface area contributed by atoms with Crippen LogP contribution in [0.3, 0.4) is 0 Å². The van der Waals surface area contributed by atoms with Gasteiger partial charge < -0.3 is 10.2 Å². The summed E-state index contributed by atoms with van der Waals surface area (Å²) in [6.07, 6.45) is 1.31. The molecule has 0 spiro atoms. The van der Waals surface area contributed by atoms with Crippen molar-refractivity contribution in [3.63, 3.8) is 0 Å². The Morgan fingerprint density at radius 2 is 2.27 bits per heavy atom. The normalized spacial score (nSPS) is 29.9. The van der Waals surface area contributed by atoms with Gasteiger partial charge in [-0.25, -0.2) is 0 Å². The monoisotopic (exact) mass is 290 g/mol. The zero-order valence-electron chi connectivity index (χ0n) is 7.94. The van der Waals surface area contributed by atoms with E-state index in [0.29, 0.717) is 19.3 Å². The van der Waals surface area contributed by atoms with Gasteiger partial charge in [0.1, 0.15) is 0 Å². The van der Waals surface area contributed by atoms with E-state index in [1.165, 1.54) is 0 Å². The van der Waals surface area contributed by atoms with Crippen LogP contribution in [0.25, 0.3) is 0 Å². The molecule has 0 unspecified atom stereocenters. The molecule has 1 saturated carbocycles. The quantitative estimate of drug-likeness (QED) is 0.898. The summed E-state index contributed by atoms with van der Waals surface area (Å²) in [5.74, 6) is -1.16. The number of carbonyl (C=O) groups is 1. The van der Waals surface area contributed by atoms with Crippen molar-refractivity contribution in [1.82, 2.24) is 0 Å². The molecule has 0 aliphatic heterocycles. The lowest BCUT2D eigenvalue weighted by Crippen LogP contribution is -2.48. The van der Waals surface area contributed by atoms with E-state index in [4.69, 9.17) is 5.11 Å². The van der Waals surface area contributed by atoms with Crippen molar-refractivity contribution in [2.75, 3.05) is 0 Å². The van der Waals surface area contributed by atoms with E-state index in [2.05, 4.69) is 15.9 Å². The molecule has 0 atom stereocenters. The van der Waals surface area contributed by atoms with Gasteiger partial charge in [0.2, 0.25) is 0 Å². The van der Waals surface area contributed by atoms with Crippen LogP contribution in [0.4, 0.5) is 0 Å². The molecule has 0 aromatic carbocycles. The average molecular weight is 291 g/mol. The van der Waals surface area contributed by atoms with Gasteiger partial charge in [-0.2, -0.15) is 0 Å². The summed E-state index contributed by atoms with van der Waals surface area (Å²) in [6.45, 7) is 0. The standard InChI is InChI=1S/C10H11BrO3S/c11-8-2-1-7(15-8)5-10(14)3-6(4-10)9(12)13/h1-2,6,14H,3-5H2,(H,12,13). The third-order valence-corrected chi connectivity index (χ3v) is 4.36. The van der Waals surface area contributed by atoms with Crippen LogP contribution in [-0.2, 0) is 11.2 Å². The smallest absolute Gasteiger partial charge is 0.306 e. The molecule has 2 N–H and O–H groups in total. The average Bonchev–Trinajstić information content (AvgIpc) is 2.46. The van der Waals surface area contributed by atoms with Crippen LogP contribution in [0.1, 0.15) is 17.7 Å². The largest absolute Gasteiger partial charge is 0.481 e. The van der Waals surface area contributed by atoms with Crippen LogP contribution < -0.4 is 0 Å². The maximum Gasteiger partial charge on any atom is 0.306 e. The van der Waals surface area contributed by atoms with Gasteiger partial charge in [-0.1, -0.05) is 0 Å². The van der Waals surface area contributed by atoms with Gasteiger partial charge in [0.15, 0.2) is 0 Å². The SMILES string of the molecule is O=C(O)C1CC(O)(Cc2ccc(Br)s2)C1. The fourth-order valence-corrected chi connectivity index (χ4v) is 3.57. The van der Waals surface area contributed by atoms with Crippen molar-refractivity contribution >= 4 is 33.2 Å². The molecule has 1 aromatic rings. The first-order chi connectivity index (χ1) is 6.98. The maximum absolute atomic E-state index is 10.6. The molecule has 3 nitrogen and oxygen atoms in total. The lowest BCUT2D eigenvalue weighted by atomic mass is 9.69. The molecule has 1 heterocycles. The van der Waals surface area contributed by atoms with Crippen LogP contribution in [-0.4, -0.2) is 21.8 Å². The van der Waals surface area contributed by atoms with Gasteiger partial charge in [-0.3, -0.25) is 4.79 Å². The Balaban J connectivity index is 1.94. The highest BCUT2D eigenvalue weighted by atomic mass is 79.9. The highest BCUT2D eigenvalue weighted by Crippen LogP contribution is 2.41. The first kappa shape index (κ1) is 11.1. The third kappa shape index (κ3) is 2.41. The van der Waals surface area contributed by atoms with Gasteiger partial charge in [-0.05, 0) is 40.9 Å². The van der Waals surface area contributed by atoms with Gasteiger partial charge in [0, 0.05) is 11.3 Å². The van der Waals surface area contributed by atoms with E-state index >= 15 is 0 Å². The Kier molecular flexibility index (Phi) is 2.87. The number of rotatable bonds is 3. The predicted octanol–water partition coefficient (Wildman–Crippen LogP) is 2.28. The van der Waals surface area contributed by atoms with E-state index in [1.807, 2.05) is 12.1 Å². The summed E-state index contributed by atoms with van der Waals surface area (Å²) in [5, 5.41) is 18.7. The second kappa shape index (κ2) is 3.88. The number of carboxylic acid groups (broad SMARTS) is 1. The van der Waals surface area contributed by atoms with E-state index in [0.717, 1.165) is 8.66 Å². The third-order valence-electron chi connectivity index (χ3n) is 2.73. The highest BCUT2D eigenvalue weighted by molar-refractivity contribution is 9.11. The summed E-state index contributed by atoms with van der Waals surface area (Å²) in [4.78, 5) is 11.7. The molecule has 0 saturated heterocycles. The Morgan fingerprint density at radius 1 is 1.60 bits per heavy atom. The molecule has 0 radical (unpaired) electrons. The molecular formula is C10H11BrO3S. The Morgan fingerprint density at radius 3 is 2.73 bits per heavy atom. The number of carboxylic acids is 1. The van der Waals surface area contributed by atoms with Crippen molar-refractivity contribution < 1.29 is 15.0 Å². The van der Waals surface area contributed by atoms with Gasteiger partial charge in [0.25, 0.3) is 0 Å². The first-order valence-electron chi connectivity index (χ1n) is 4.68. The Bertz CT molecular complexity index is 382. The molecule has 1 aliphatic carbocycles. The lowest BCUT2D eigenvalue weighted by molar-refractivity contribution is -0.157. The van der Waals surface area contributed by atoms with Gasteiger partial charge >= 0.3 is 5.97 Å². The van der Waals surface area contributed by atoms with Crippen molar-refractivity contribution in [2.24, 2.45) is 5.92 Å². The minimum atomic E-state index is -0.799. The predicted molar refractivity (Wildman–Crippen MR) is 61.0 cm³/mol. The summed E-state index contributed by atoms with van der Waals surface area (Å²) in [5.41, 5.74) is -0.798. The molecule has 1 fully saturated rings. The summed E-state index contributed by atoms with van der Waals surface area (Å²) in [7, 11) is 0. The van der Waals surface area contributed by atoms with Crippen LogP contribution >= 0.6 is 27.3 Å². The minimum absolute atomic E-state index is 0.363. The fourth-order valence-electron chi connectivity index (χ4n) is 1.95. The minimum Gasteiger partial charge on any atom is -0.481 e. The molecular weight excluding hydrogens is 280 g/mol. The Labute approximate surface area is 99.9 Å². The van der Waals surface area contributed by atoms with Crippen LogP contribution in [0, 0.1) is 5.92 Å². The second-order valence-electron chi connectivity index (χ2n) is 4.05. The van der Waals surface area contributed by atoms with Gasteiger partial charge in [-0.15, -0.1) is 11.3 Å². The van der Waals surface area contributed by atoms with Crippen molar-refractivity contribution in [3.8, 4) is 0 Å². The number of hydrogen-bond acceptors (Lipinski definition) is 3. The highest BCUT2D eigenvalue weighted by Gasteiger charge is 2.46. The zero-order valence-corrected chi connectivity index (χ0v) is 10.3. The van der Waals surface area contributed by atoms with Crippen molar-refractivity contribution in [2.45, 2.75) is 24.9 Å². The molecule has 82 valence electrons. The lowest BCUT2D eigenvalue weighted by Gasteiger charge is -2.41. The van der Waals surface area contributed by atoms with E-state index in [-0.39, 0.29) is 5.92 Å². The molecule has 0 bridgehead atoms. The summed E-state index contributed by atoms with van der Waals surface area (Å²) >= 11 is 4.94. The number of thiophene rings is 1. The van der Waals surface area contributed by atoms with Gasteiger partial charge in [0.05, 0.1) is 15.3 Å². The summed E-state index contributed by atoms with van der Waals surface area (Å²) < 4.78 is 1.04. The summed E-state index contributed by atoms with van der Waals surface area (Å²) in [6, 6.07) is 3.90. The maximum atomic E-state index is 10.6. The van der Waals surface area contributed by atoms with Crippen LogP contribution in [0.15, 0.2) is 15.9 Å². The molecule has 15 heavy (non-hydrogen) atoms. The number of aliphatic hydroxyl groups is 1. The Hall–Kier alpha value is -0.390. The second-order valence-corrected chi connectivity index (χ2v) is 6.60. The number of hydrogen-bond donors (Lipinski definition) is 2. The molecule has 5 heteroatoms. The number of halogens is 1. The van der Waals surface area contributed by atoms with E-state index in [9.17, 15) is 9.90 Å². The number of aliphatic carboxylic acids is 1. The molecule has 1 aromatic heterocycles. The topological polar surface area (TPSA) is 57.5 Å².